The van der Waals surface area contributed by atoms with Crippen LogP contribution in [-0.4, -0.2) is 0 Å². The first-order chi connectivity index (χ1) is 4.18. The Balaban J connectivity index is 0. The highest BCUT2D eigenvalue weighted by Gasteiger charge is 1.59. The Bertz CT molecular complexity index is 123. The highest BCUT2D eigenvalue weighted by molar-refractivity contribution is 5.05. The summed E-state index contributed by atoms with van der Waals surface area (Å²) < 4.78 is 0. The standard InChI is InChI=1S/C5H8.C4H6/c1-4-5(2)3;1-3-4-2/h4H,1-2H2,3H3;4H,1H2,2H3. The van der Waals surface area contributed by atoms with Gasteiger partial charge in [0.15, 0.2) is 0 Å². The van der Waals surface area contributed by atoms with Crippen molar-refractivity contribution in [3.05, 3.63) is 43.2 Å². The van der Waals surface area contributed by atoms with Crippen LogP contribution in [-0.2, 0) is 0 Å². The molecule has 0 aliphatic carbocycles. The largest absolute Gasteiger partial charge is 0.133 e. The third-order valence-electron chi connectivity index (χ3n) is 0.553. The predicted octanol–water partition coefficient (Wildman–Crippen LogP) is 3.10. The van der Waals surface area contributed by atoms with Crippen LogP contribution in [0, 0.1) is 0 Å². The fraction of sp³-hybridized carbons (Fsp3) is 0.222. The summed E-state index contributed by atoms with van der Waals surface area (Å²) in [5.41, 5.74) is 3.57. The Morgan fingerprint density at radius 2 is 1.78 bits per heavy atom. The van der Waals surface area contributed by atoms with Crippen molar-refractivity contribution in [1.82, 2.24) is 0 Å². The van der Waals surface area contributed by atoms with E-state index in [4.69, 9.17) is 0 Å². The van der Waals surface area contributed by atoms with E-state index in [0.717, 1.165) is 5.57 Å². The van der Waals surface area contributed by atoms with E-state index in [1.807, 2.05) is 13.8 Å². The fourth-order valence-electron chi connectivity index (χ4n) is 0. The zero-order valence-electron chi connectivity index (χ0n) is 6.28. The van der Waals surface area contributed by atoms with Gasteiger partial charge in [0.05, 0.1) is 0 Å². The third-order valence-corrected chi connectivity index (χ3v) is 0.553. The molecule has 0 fully saturated rings. The number of rotatable bonds is 1. The highest BCUT2D eigenvalue weighted by atomic mass is 13.7. The lowest BCUT2D eigenvalue weighted by atomic mass is 10.4. The first-order valence-corrected chi connectivity index (χ1v) is 2.77. The zero-order chi connectivity index (χ0) is 7.70. The summed E-state index contributed by atoms with van der Waals surface area (Å²) in [6, 6.07) is 0. The van der Waals surface area contributed by atoms with Gasteiger partial charge < -0.3 is 0 Å². The molecule has 0 aliphatic rings. The molecule has 0 heterocycles. The number of hydrogen-bond donors (Lipinski definition) is 0. The van der Waals surface area contributed by atoms with Gasteiger partial charge in [-0.25, -0.2) is 0 Å². The molecular weight excluding hydrogens is 108 g/mol. The molecule has 0 rings (SSSR count). The van der Waals surface area contributed by atoms with Gasteiger partial charge in [-0.3, -0.25) is 0 Å². The van der Waals surface area contributed by atoms with Gasteiger partial charge in [0.2, 0.25) is 0 Å². The molecule has 0 saturated heterocycles. The van der Waals surface area contributed by atoms with Crippen molar-refractivity contribution in [1.29, 1.82) is 0 Å². The van der Waals surface area contributed by atoms with E-state index in [0.29, 0.717) is 0 Å². The van der Waals surface area contributed by atoms with Gasteiger partial charge in [-0.2, -0.15) is 0 Å². The molecule has 0 radical (unpaired) electrons. The van der Waals surface area contributed by atoms with Crippen LogP contribution in [0.3, 0.4) is 0 Å². The SMILES string of the molecule is C=C=CC.C=CC(=C)C. The van der Waals surface area contributed by atoms with Crippen molar-refractivity contribution >= 4 is 0 Å². The molecule has 0 amide bonds. The Morgan fingerprint density at radius 3 is 1.78 bits per heavy atom. The van der Waals surface area contributed by atoms with Crippen molar-refractivity contribution in [2.24, 2.45) is 0 Å². The van der Waals surface area contributed by atoms with Crippen molar-refractivity contribution in [2.75, 3.05) is 0 Å². The summed E-state index contributed by atoms with van der Waals surface area (Å²) in [7, 11) is 0. The normalized spacial score (nSPS) is 5.56. The van der Waals surface area contributed by atoms with Gasteiger partial charge in [-0.1, -0.05) is 31.4 Å². The van der Waals surface area contributed by atoms with E-state index in [2.05, 4.69) is 25.5 Å². The second kappa shape index (κ2) is 10.1. The second-order valence-electron chi connectivity index (χ2n) is 1.54. The maximum Gasteiger partial charge on any atom is -0.0393 e. The third kappa shape index (κ3) is 43.8. The Hall–Kier alpha value is -1.00. The minimum Gasteiger partial charge on any atom is -0.133 e. The highest BCUT2D eigenvalue weighted by Crippen LogP contribution is 1.81. The molecule has 0 heteroatoms. The first-order valence-electron chi connectivity index (χ1n) is 2.77. The van der Waals surface area contributed by atoms with Crippen LogP contribution in [0.15, 0.2) is 43.2 Å². The van der Waals surface area contributed by atoms with Crippen LogP contribution in [0.5, 0.6) is 0 Å². The van der Waals surface area contributed by atoms with E-state index in [1.165, 1.54) is 0 Å². The number of allylic oxidation sites excluding steroid dienone is 3. The van der Waals surface area contributed by atoms with Gasteiger partial charge in [0.25, 0.3) is 0 Å². The molecular formula is C9H14. The minimum atomic E-state index is 1.02. The molecule has 0 nitrogen and oxygen atoms in total. The van der Waals surface area contributed by atoms with Gasteiger partial charge >= 0.3 is 0 Å². The summed E-state index contributed by atoms with van der Waals surface area (Å²) in [4.78, 5) is 0. The fourth-order valence-corrected chi connectivity index (χ4v) is 0. The lowest BCUT2D eigenvalue weighted by Crippen LogP contribution is -1.50. The molecule has 0 aromatic carbocycles. The van der Waals surface area contributed by atoms with Crippen molar-refractivity contribution in [3.8, 4) is 0 Å². The molecule has 0 saturated carbocycles. The monoisotopic (exact) mass is 122 g/mol. The summed E-state index contributed by atoms with van der Waals surface area (Å²) in [5, 5.41) is 0. The lowest BCUT2D eigenvalue weighted by Gasteiger charge is -1.71. The molecule has 0 aromatic rings. The van der Waals surface area contributed by atoms with Gasteiger partial charge in [0.1, 0.15) is 0 Å². The topological polar surface area (TPSA) is 0 Å². The van der Waals surface area contributed by atoms with Crippen LogP contribution in [0.1, 0.15) is 13.8 Å². The van der Waals surface area contributed by atoms with E-state index in [-0.39, 0.29) is 0 Å². The molecule has 0 aliphatic heterocycles. The smallest absolute Gasteiger partial charge is 0.0393 e. The first kappa shape index (κ1) is 10.9. The molecule has 9 heavy (non-hydrogen) atoms. The van der Waals surface area contributed by atoms with Gasteiger partial charge in [-0.15, -0.1) is 5.73 Å². The quantitative estimate of drug-likeness (QED) is 0.370. The van der Waals surface area contributed by atoms with E-state index in [1.54, 1.807) is 12.2 Å². The lowest BCUT2D eigenvalue weighted by molar-refractivity contribution is 1.58. The molecule has 0 atom stereocenters. The average molecular weight is 122 g/mol. The summed E-state index contributed by atoms with van der Waals surface area (Å²) in [6.07, 6.45) is 3.49. The molecule has 50 valence electrons. The van der Waals surface area contributed by atoms with Crippen LogP contribution in [0.25, 0.3) is 0 Å². The van der Waals surface area contributed by atoms with E-state index >= 15 is 0 Å². The van der Waals surface area contributed by atoms with Gasteiger partial charge in [0, 0.05) is 0 Å². The van der Waals surface area contributed by atoms with E-state index in [9.17, 15) is 0 Å². The summed E-state index contributed by atoms with van der Waals surface area (Å²) in [5.74, 6) is 0. The summed E-state index contributed by atoms with van der Waals surface area (Å²) in [6.45, 7) is 14.1. The maximum absolute atomic E-state index is 3.56. The summed E-state index contributed by atoms with van der Waals surface area (Å²) >= 11 is 0. The van der Waals surface area contributed by atoms with Gasteiger partial charge in [-0.05, 0) is 19.9 Å². The van der Waals surface area contributed by atoms with E-state index < -0.39 is 0 Å². The number of hydrogen-bond acceptors (Lipinski definition) is 0. The van der Waals surface area contributed by atoms with Crippen LogP contribution in [0.4, 0.5) is 0 Å². The Morgan fingerprint density at radius 1 is 1.56 bits per heavy atom. The molecule has 0 spiro atoms. The molecule has 0 bridgehead atoms. The van der Waals surface area contributed by atoms with Crippen molar-refractivity contribution in [2.45, 2.75) is 13.8 Å². The predicted molar refractivity (Wildman–Crippen MR) is 44.4 cm³/mol. The molecule has 0 unspecified atom stereocenters. The van der Waals surface area contributed by atoms with Crippen LogP contribution >= 0.6 is 0 Å². The zero-order valence-corrected chi connectivity index (χ0v) is 6.28. The van der Waals surface area contributed by atoms with Crippen molar-refractivity contribution in [3.63, 3.8) is 0 Å². The molecule has 0 N–H and O–H groups in total. The van der Waals surface area contributed by atoms with Crippen molar-refractivity contribution < 1.29 is 0 Å². The Kier molecular flexibility index (Phi) is 12.2. The maximum atomic E-state index is 3.56. The average Bonchev–Trinajstić information content (AvgIpc) is 1.89. The second-order valence-corrected chi connectivity index (χ2v) is 1.54. The minimum absolute atomic E-state index is 1.02. The van der Waals surface area contributed by atoms with Crippen LogP contribution in [0.2, 0.25) is 0 Å². The Labute approximate surface area is 57.9 Å². The van der Waals surface area contributed by atoms with Crippen LogP contribution < -0.4 is 0 Å². The molecule has 0 aromatic heterocycles.